The maximum atomic E-state index is 12.0. The Morgan fingerprint density at radius 1 is 1.35 bits per heavy atom. The molecule has 0 aliphatic carbocycles. The molecule has 112 valence electrons. The molecule has 0 atom stereocenters. The van der Waals surface area contributed by atoms with Crippen LogP contribution in [0.3, 0.4) is 0 Å². The zero-order valence-corrected chi connectivity index (χ0v) is 11.7. The average Bonchev–Trinajstić information content (AvgIpc) is 2.49. The van der Waals surface area contributed by atoms with Crippen LogP contribution in [-0.4, -0.2) is 55.9 Å². The van der Waals surface area contributed by atoms with Crippen LogP contribution in [0.25, 0.3) is 0 Å². The molecule has 0 unspecified atom stereocenters. The maximum Gasteiger partial charge on any atom is 0.260 e. The molecule has 0 saturated heterocycles. The van der Waals surface area contributed by atoms with Gasteiger partial charge in [0.05, 0.1) is 13.2 Å². The molecular formula is C14H22N2O4. The zero-order chi connectivity index (χ0) is 14.8. The summed E-state index contributed by atoms with van der Waals surface area (Å²) < 4.78 is 10.4. The van der Waals surface area contributed by atoms with Crippen LogP contribution in [0.5, 0.6) is 5.75 Å². The first-order valence-electron chi connectivity index (χ1n) is 6.51. The van der Waals surface area contributed by atoms with Crippen molar-refractivity contribution in [1.82, 2.24) is 4.90 Å². The minimum absolute atomic E-state index is 0.0826. The van der Waals surface area contributed by atoms with Crippen LogP contribution < -0.4 is 10.5 Å². The van der Waals surface area contributed by atoms with Crippen molar-refractivity contribution >= 4 is 5.91 Å². The standard InChI is InChI=1S/C14H22N2O4/c1-19-9-7-16(6-8-17)14(18)11-20-13-5-3-2-4-12(13)10-15/h2-5,17H,6-11,15H2,1H3. The normalized spacial score (nSPS) is 10.3. The largest absolute Gasteiger partial charge is 0.483 e. The number of para-hydroxylation sites is 1. The van der Waals surface area contributed by atoms with E-state index in [1.165, 1.54) is 4.90 Å². The number of methoxy groups -OCH3 is 1. The molecule has 0 heterocycles. The minimum Gasteiger partial charge on any atom is -0.483 e. The summed E-state index contributed by atoms with van der Waals surface area (Å²) in [5, 5.41) is 8.96. The molecule has 1 aromatic carbocycles. The fourth-order valence-electron chi connectivity index (χ4n) is 1.73. The number of nitrogens with two attached hydrogens (primary N) is 1. The molecule has 0 saturated carbocycles. The van der Waals surface area contributed by atoms with Crippen LogP contribution >= 0.6 is 0 Å². The summed E-state index contributed by atoms with van der Waals surface area (Å²) in [7, 11) is 1.57. The molecule has 0 spiro atoms. The summed E-state index contributed by atoms with van der Waals surface area (Å²) in [5.74, 6) is 0.418. The third-order valence-electron chi connectivity index (χ3n) is 2.83. The molecule has 0 radical (unpaired) electrons. The van der Waals surface area contributed by atoms with E-state index >= 15 is 0 Å². The van der Waals surface area contributed by atoms with Crippen molar-refractivity contribution in [2.24, 2.45) is 5.73 Å². The summed E-state index contributed by atoms with van der Waals surface area (Å²) in [5.41, 5.74) is 6.46. The Bertz CT molecular complexity index is 412. The number of benzene rings is 1. The molecular weight excluding hydrogens is 260 g/mol. The lowest BCUT2D eigenvalue weighted by molar-refractivity contribution is -0.134. The van der Waals surface area contributed by atoms with Gasteiger partial charge in [0.25, 0.3) is 5.91 Å². The van der Waals surface area contributed by atoms with Gasteiger partial charge >= 0.3 is 0 Å². The van der Waals surface area contributed by atoms with E-state index < -0.39 is 0 Å². The quantitative estimate of drug-likeness (QED) is 0.665. The Kier molecular flexibility index (Phi) is 7.64. The van der Waals surface area contributed by atoms with Crippen LogP contribution in [-0.2, 0) is 16.1 Å². The number of nitrogens with zero attached hydrogens (tertiary/aromatic N) is 1. The Balaban J connectivity index is 2.55. The number of carbonyl (C=O) groups excluding carboxylic acids is 1. The minimum atomic E-state index is -0.192. The third-order valence-corrected chi connectivity index (χ3v) is 2.83. The first-order chi connectivity index (χ1) is 9.72. The fourth-order valence-corrected chi connectivity index (χ4v) is 1.73. The molecule has 1 rings (SSSR count). The van der Waals surface area contributed by atoms with Crippen molar-refractivity contribution < 1.29 is 19.4 Å². The summed E-state index contributed by atoms with van der Waals surface area (Å²) in [6, 6.07) is 7.33. The molecule has 3 N–H and O–H groups in total. The fraction of sp³-hybridized carbons (Fsp3) is 0.500. The lowest BCUT2D eigenvalue weighted by atomic mass is 10.2. The maximum absolute atomic E-state index is 12.0. The van der Waals surface area contributed by atoms with Crippen LogP contribution in [0.4, 0.5) is 0 Å². The van der Waals surface area contributed by atoms with E-state index in [0.717, 1.165) is 5.56 Å². The van der Waals surface area contributed by atoms with E-state index in [9.17, 15) is 4.79 Å². The van der Waals surface area contributed by atoms with Crippen molar-refractivity contribution in [3.05, 3.63) is 29.8 Å². The summed E-state index contributed by atoms with van der Waals surface area (Å²) >= 11 is 0. The predicted molar refractivity (Wildman–Crippen MR) is 75.4 cm³/mol. The highest BCUT2D eigenvalue weighted by atomic mass is 16.5. The lowest BCUT2D eigenvalue weighted by Crippen LogP contribution is -2.39. The van der Waals surface area contributed by atoms with Gasteiger partial charge < -0.3 is 25.2 Å². The van der Waals surface area contributed by atoms with Crippen molar-refractivity contribution in [3.63, 3.8) is 0 Å². The van der Waals surface area contributed by atoms with Crippen LogP contribution in [0, 0.1) is 0 Å². The number of rotatable bonds is 9. The highest BCUT2D eigenvalue weighted by Crippen LogP contribution is 2.16. The number of ether oxygens (including phenoxy) is 2. The van der Waals surface area contributed by atoms with Crippen molar-refractivity contribution in [2.75, 3.05) is 40.0 Å². The van der Waals surface area contributed by atoms with Gasteiger partial charge in [-0.15, -0.1) is 0 Å². The Morgan fingerprint density at radius 2 is 2.10 bits per heavy atom. The molecule has 1 amide bonds. The number of hydrogen-bond donors (Lipinski definition) is 2. The summed E-state index contributed by atoms with van der Waals surface area (Å²) in [4.78, 5) is 13.5. The zero-order valence-electron chi connectivity index (χ0n) is 11.7. The number of carbonyl (C=O) groups is 1. The second-order valence-electron chi connectivity index (χ2n) is 4.20. The lowest BCUT2D eigenvalue weighted by Gasteiger charge is -2.21. The van der Waals surface area contributed by atoms with Gasteiger partial charge in [-0.3, -0.25) is 4.79 Å². The number of aliphatic hydroxyl groups excluding tert-OH is 1. The Morgan fingerprint density at radius 3 is 2.75 bits per heavy atom. The third kappa shape index (κ3) is 5.16. The second-order valence-corrected chi connectivity index (χ2v) is 4.20. The second kappa shape index (κ2) is 9.30. The van der Waals surface area contributed by atoms with E-state index in [1.54, 1.807) is 13.2 Å². The molecule has 6 nitrogen and oxygen atoms in total. The highest BCUT2D eigenvalue weighted by molar-refractivity contribution is 5.77. The van der Waals surface area contributed by atoms with Crippen molar-refractivity contribution in [1.29, 1.82) is 0 Å². The van der Waals surface area contributed by atoms with E-state index in [2.05, 4.69) is 0 Å². The first-order valence-corrected chi connectivity index (χ1v) is 6.51. The Hall–Kier alpha value is -1.63. The Labute approximate surface area is 119 Å². The molecule has 6 heteroatoms. The molecule has 1 aromatic rings. The van der Waals surface area contributed by atoms with Gasteiger partial charge in [0, 0.05) is 32.3 Å². The van der Waals surface area contributed by atoms with Crippen LogP contribution in [0.1, 0.15) is 5.56 Å². The van der Waals surface area contributed by atoms with E-state index in [-0.39, 0.29) is 25.7 Å². The predicted octanol–water partition coefficient (Wildman–Crippen LogP) is -0.00860. The highest BCUT2D eigenvalue weighted by Gasteiger charge is 2.14. The summed E-state index contributed by atoms with van der Waals surface area (Å²) in [6.45, 7) is 1.30. The number of amides is 1. The van der Waals surface area contributed by atoms with Gasteiger partial charge in [0.1, 0.15) is 5.75 Å². The van der Waals surface area contributed by atoms with Gasteiger partial charge in [0.15, 0.2) is 6.61 Å². The topological polar surface area (TPSA) is 85.0 Å². The van der Waals surface area contributed by atoms with Crippen LogP contribution in [0.15, 0.2) is 24.3 Å². The van der Waals surface area contributed by atoms with E-state index in [0.29, 0.717) is 25.4 Å². The van der Waals surface area contributed by atoms with E-state index in [4.69, 9.17) is 20.3 Å². The molecule has 0 aliphatic heterocycles. The van der Waals surface area contributed by atoms with Gasteiger partial charge in [0.2, 0.25) is 0 Å². The van der Waals surface area contributed by atoms with Crippen LogP contribution in [0.2, 0.25) is 0 Å². The van der Waals surface area contributed by atoms with Gasteiger partial charge in [-0.2, -0.15) is 0 Å². The smallest absolute Gasteiger partial charge is 0.260 e. The number of hydrogen-bond acceptors (Lipinski definition) is 5. The molecule has 20 heavy (non-hydrogen) atoms. The first kappa shape index (κ1) is 16.4. The van der Waals surface area contributed by atoms with Crippen molar-refractivity contribution in [3.8, 4) is 5.75 Å². The molecule has 0 bridgehead atoms. The van der Waals surface area contributed by atoms with Gasteiger partial charge in [-0.25, -0.2) is 0 Å². The van der Waals surface area contributed by atoms with E-state index in [1.807, 2.05) is 18.2 Å². The SMILES string of the molecule is COCCN(CCO)C(=O)COc1ccccc1CN. The van der Waals surface area contributed by atoms with Gasteiger partial charge in [-0.1, -0.05) is 18.2 Å². The monoisotopic (exact) mass is 282 g/mol. The number of aliphatic hydroxyl groups is 1. The summed E-state index contributed by atoms with van der Waals surface area (Å²) in [6.07, 6.45) is 0. The van der Waals surface area contributed by atoms with Gasteiger partial charge in [-0.05, 0) is 6.07 Å². The molecule has 0 aromatic heterocycles. The molecule has 0 aliphatic rings. The average molecular weight is 282 g/mol. The molecule has 0 fully saturated rings. The van der Waals surface area contributed by atoms with Crippen molar-refractivity contribution in [2.45, 2.75) is 6.54 Å².